The van der Waals surface area contributed by atoms with Crippen LogP contribution in [0.3, 0.4) is 0 Å². The molecule has 23 heavy (non-hydrogen) atoms. The monoisotopic (exact) mass is 327 g/mol. The highest BCUT2D eigenvalue weighted by Crippen LogP contribution is 2.35. The van der Waals surface area contributed by atoms with E-state index in [1.54, 1.807) is 11.8 Å². The van der Waals surface area contributed by atoms with Crippen molar-refractivity contribution in [2.45, 2.75) is 30.8 Å². The third-order valence-corrected chi connectivity index (χ3v) is 4.83. The second-order valence-electron chi connectivity index (χ2n) is 5.23. The minimum Gasteiger partial charge on any atom is -0.302 e. The zero-order valence-electron chi connectivity index (χ0n) is 13.1. The molecule has 3 rings (SSSR count). The summed E-state index contributed by atoms with van der Waals surface area (Å²) in [7, 11) is 0. The molecule has 1 atom stereocenters. The zero-order chi connectivity index (χ0) is 16.2. The van der Waals surface area contributed by atoms with Gasteiger partial charge in [0, 0.05) is 17.4 Å². The molecular formula is C18H18FN3S. The number of rotatable bonds is 5. The summed E-state index contributed by atoms with van der Waals surface area (Å²) in [5.74, 6) is 0.663. The lowest BCUT2D eigenvalue weighted by Crippen LogP contribution is -2.01. The molecule has 1 aromatic heterocycles. The van der Waals surface area contributed by atoms with Gasteiger partial charge in [0.1, 0.15) is 5.82 Å². The van der Waals surface area contributed by atoms with Crippen molar-refractivity contribution in [1.82, 2.24) is 14.8 Å². The largest absolute Gasteiger partial charge is 0.302 e. The predicted molar refractivity (Wildman–Crippen MR) is 91.8 cm³/mol. The number of aromatic nitrogens is 3. The van der Waals surface area contributed by atoms with Crippen LogP contribution in [0.15, 0.2) is 59.8 Å². The Balaban J connectivity index is 1.86. The summed E-state index contributed by atoms with van der Waals surface area (Å²) in [5, 5.41) is 9.75. The first kappa shape index (κ1) is 15.7. The van der Waals surface area contributed by atoms with Gasteiger partial charge in [-0.25, -0.2) is 4.39 Å². The van der Waals surface area contributed by atoms with Crippen molar-refractivity contribution >= 4 is 11.8 Å². The Bertz CT molecular complexity index is 769. The lowest BCUT2D eigenvalue weighted by molar-refractivity contribution is 0.627. The minimum absolute atomic E-state index is 0.175. The molecule has 0 N–H and O–H groups in total. The Kier molecular flexibility index (Phi) is 4.76. The van der Waals surface area contributed by atoms with Crippen LogP contribution in [0.2, 0.25) is 0 Å². The molecule has 3 nitrogen and oxygen atoms in total. The Hall–Kier alpha value is -2.14. The van der Waals surface area contributed by atoms with Gasteiger partial charge < -0.3 is 4.57 Å². The quantitative estimate of drug-likeness (QED) is 0.621. The van der Waals surface area contributed by atoms with E-state index in [4.69, 9.17) is 0 Å². The standard InChI is InChI=1S/C18H18FN3S/c1-3-22-17(15-7-5-4-6-8-15)20-21-18(22)23-13(2)14-9-11-16(19)12-10-14/h4-13H,3H2,1-2H3. The number of nitrogens with zero attached hydrogens (tertiary/aromatic N) is 3. The van der Waals surface area contributed by atoms with Gasteiger partial charge in [0.2, 0.25) is 0 Å². The lowest BCUT2D eigenvalue weighted by atomic mass is 10.2. The van der Waals surface area contributed by atoms with Crippen molar-refractivity contribution in [2.75, 3.05) is 0 Å². The predicted octanol–water partition coefficient (Wildman–Crippen LogP) is 4.96. The van der Waals surface area contributed by atoms with Crippen molar-refractivity contribution in [3.05, 3.63) is 66.0 Å². The average molecular weight is 327 g/mol. The fourth-order valence-corrected chi connectivity index (χ4v) is 3.46. The maximum Gasteiger partial charge on any atom is 0.192 e. The van der Waals surface area contributed by atoms with E-state index >= 15 is 0 Å². The summed E-state index contributed by atoms with van der Waals surface area (Å²) in [6, 6.07) is 16.7. The van der Waals surface area contributed by atoms with Crippen LogP contribution in [-0.4, -0.2) is 14.8 Å². The molecule has 0 aliphatic heterocycles. The topological polar surface area (TPSA) is 30.7 Å². The van der Waals surface area contributed by atoms with Gasteiger partial charge in [0.15, 0.2) is 11.0 Å². The number of hydrogen-bond acceptors (Lipinski definition) is 3. The van der Waals surface area contributed by atoms with Crippen LogP contribution in [-0.2, 0) is 6.54 Å². The second kappa shape index (κ2) is 6.96. The van der Waals surface area contributed by atoms with Gasteiger partial charge in [-0.1, -0.05) is 54.2 Å². The van der Waals surface area contributed by atoms with Crippen molar-refractivity contribution in [2.24, 2.45) is 0 Å². The van der Waals surface area contributed by atoms with E-state index < -0.39 is 0 Å². The zero-order valence-corrected chi connectivity index (χ0v) is 13.9. The second-order valence-corrected chi connectivity index (χ2v) is 6.54. The Morgan fingerprint density at radius 2 is 1.74 bits per heavy atom. The highest BCUT2D eigenvalue weighted by Gasteiger charge is 2.16. The van der Waals surface area contributed by atoms with E-state index in [2.05, 4.69) is 28.6 Å². The maximum absolute atomic E-state index is 13.1. The Labute approximate surface area is 139 Å². The normalized spacial score (nSPS) is 12.3. The van der Waals surface area contributed by atoms with Gasteiger partial charge in [0.05, 0.1) is 0 Å². The fraction of sp³-hybridized carbons (Fsp3) is 0.222. The van der Waals surface area contributed by atoms with Crippen LogP contribution in [0.5, 0.6) is 0 Å². The van der Waals surface area contributed by atoms with Crippen LogP contribution in [0, 0.1) is 5.82 Å². The van der Waals surface area contributed by atoms with E-state index in [0.717, 1.165) is 28.7 Å². The molecule has 0 fully saturated rings. The Morgan fingerprint density at radius 3 is 2.39 bits per heavy atom. The molecule has 2 aromatic carbocycles. The molecule has 0 saturated heterocycles. The third-order valence-electron chi connectivity index (χ3n) is 3.69. The smallest absolute Gasteiger partial charge is 0.192 e. The van der Waals surface area contributed by atoms with Crippen molar-refractivity contribution in [3.8, 4) is 11.4 Å². The molecular weight excluding hydrogens is 309 g/mol. The average Bonchev–Trinajstić information content (AvgIpc) is 2.98. The highest BCUT2D eigenvalue weighted by atomic mass is 32.2. The molecule has 0 aliphatic carbocycles. The molecule has 1 heterocycles. The van der Waals surface area contributed by atoms with E-state index in [1.807, 2.05) is 42.5 Å². The van der Waals surface area contributed by atoms with Crippen molar-refractivity contribution in [3.63, 3.8) is 0 Å². The number of benzene rings is 2. The molecule has 0 saturated carbocycles. The summed E-state index contributed by atoms with van der Waals surface area (Å²) in [6.45, 7) is 4.98. The third kappa shape index (κ3) is 3.45. The van der Waals surface area contributed by atoms with E-state index in [0.29, 0.717) is 0 Å². The molecule has 0 bridgehead atoms. The molecule has 0 spiro atoms. The summed E-state index contributed by atoms with van der Waals surface area (Å²) in [4.78, 5) is 0. The van der Waals surface area contributed by atoms with Gasteiger partial charge in [-0.2, -0.15) is 0 Å². The van der Waals surface area contributed by atoms with E-state index in [1.165, 1.54) is 12.1 Å². The van der Waals surface area contributed by atoms with Gasteiger partial charge in [-0.3, -0.25) is 0 Å². The fourth-order valence-electron chi connectivity index (χ4n) is 2.42. The lowest BCUT2D eigenvalue weighted by Gasteiger charge is -2.12. The van der Waals surface area contributed by atoms with Crippen LogP contribution in [0.1, 0.15) is 24.7 Å². The molecule has 0 aliphatic rings. The van der Waals surface area contributed by atoms with Gasteiger partial charge in [-0.15, -0.1) is 10.2 Å². The van der Waals surface area contributed by atoms with E-state index in [9.17, 15) is 4.39 Å². The summed E-state index contributed by atoms with van der Waals surface area (Å²) in [5.41, 5.74) is 2.13. The van der Waals surface area contributed by atoms with Crippen LogP contribution < -0.4 is 0 Å². The summed E-state index contributed by atoms with van der Waals surface area (Å²) < 4.78 is 15.2. The molecule has 5 heteroatoms. The van der Waals surface area contributed by atoms with E-state index in [-0.39, 0.29) is 11.1 Å². The van der Waals surface area contributed by atoms with Crippen LogP contribution in [0.4, 0.5) is 4.39 Å². The van der Waals surface area contributed by atoms with Gasteiger partial charge in [0.25, 0.3) is 0 Å². The Morgan fingerprint density at radius 1 is 1.04 bits per heavy atom. The molecule has 1 unspecified atom stereocenters. The SMILES string of the molecule is CCn1c(SC(C)c2ccc(F)cc2)nnc1-c1ccccc1. The minimum atomic E-state index is -0.214. The first-order valence-electron chi connectivity index (χ1n) is 7.59. The molecule has 0 amide bonds. The molecule has 0 radical (unpaired) electrons. The van der Waals surface area contributed by atoms with Gasteiger partial charge in [-0.05, 0) is 31.5 Å². The number of halogens is 1. The summed E-state index contributed by atoms with van der Waals surface area (Å²) in [6.07, 6.45) is 0. The number of hydrogen-bond donors (Lipinski definition) is 0. The first-order valence-corrected chi connectivity index (χ1v) is 8.47. The van der Waals surface area contributed by atoms with Crippen molar-refractivity contribution < 1.29 is 4.39 Å². The number of thioether (sulfide) groups is 1. The van der Waals surface area contributed by atoms with Crippen LogP contribution in [0.25, 0.3) is 11.4 Å². The van der Waals surface area contributed by atoms with Gasteiger partial charge >= 0.3 is 0 Å². The summed E-state index contributed by atoms with van der Waals surface area (Å²) >= 11 is 1.64. The first-order chi connectivity index (χ1) is 11.2. The molecule has 118 valence electrons. The highest BCUT2D eigenvalue weighted by molar-refractivity contribution is 7.99. The van der Waals surface area contributed by atoms with Crippen LogP contribution >= 0.6 is 11.8 Å². The maximum atomic E-state index is 13.1. The molecule has 3 aromatic rings. The van der Waals surface area contributed by atoms with Crippen molar-refractivity contribution in [1.29, 1.82) is 0 Å².